The van der Waals surface area contributed by atoms with Crippen LogP contribution in [-0.4, -0.2) is 0 Å². The maximum absolute atomic E-state index is 3.69. The van der Waals surface area contributed by atoms with Crippen molar-refractivity contribution in [1.29, 1.82) is 0 Å². The molecule has 0 saturated carbocycles. The standard InChI is InChI=1S/C12H17/c1-3-5-7-9-11-12-10-8-6-4-2/h5-12H,1,3-4H2,2H3/b7-5+,8-6+,11-9+,12-10+. The zero-order valence-corrected chi connectivity index (χ0v) is 7.74. The van der Waals surface area contributed by atoms with Gasteiger partial charge in [0.15, 0.2) is 0 Å². The van der Waals surface area contributed by atoms with E-state index < -0.39 is 0 Å². The Morgan fingerprint density at radius 2 is 1.33 bits per heavy atom. The molecule has 0 aliphatic heterocycles. The van der Waals surface area contributed by atoms with Crippen molar-refractivity contribution in [3.8, 4) is 0 Å². The molecular formula is C12H17. The van der Waals surface area contributed by atoms with Crippen molar-refractivity contribution in [2.24, 2.45) is 0 Å². The molecule has 1 radical (unpaired) electrons. The Labute approximate surface area is 76.0 Å². The Hall–Kier alpha value is -1.04. The van der Waals surface area contributed by atoms with E-state index in [0.29, 0.717) is 0 Å². The van der Waals surface area contributed by atoms with Crippen LogP contribution >= 0.6 is 0 Å². The molecule has 0 spiro atoms. The van der Waals surface area contributed by atoms with Gasteiger partial charge < -0.3 is 0 Å². The molecule has 0 unspecified atom stereocenters. The van der Waals surface area contributed by atoms with Crippen molar-refractivity contribution in [3.05, 3.63) is 55.5 Å². The lowest BCUT2D eigenvalue weighted by molar-refractivity contribution is 1.22. The van der Waals surface area contributed by atoms with Gasteiger partial charge in [0.25, 0.3) is 0 Å². The van der Waals surface area contributed by atoms with E-state index in [1.165, 1.54) is 0 Å². The summed E-state index contributed by atoms with van der Waals surface area (Å²) in [6.45, 7) is 5.82. The summed E-state index contributed by atoms with van der Waals surface area (Å²) in [5, 5.41) is 0. The van der Waals surface area contributed by atoms with Gasteiger partial charge in [0, 0.05) is 0 Å². The molecule has 0 aromatic carbocycles. The van der Waals surface area contributed by atoms with Gasteiger partial charge in [0.1, 0.15) is 0 Å². The first-order chi connectivity index (χ1) is 5.91. The van der Waals surface area contributed by atoms with Gasteiger partial charge in [-0.1, -0.05) is 55.5 Å². The molecule has 0 atom stereocenters. The third-order valence-electron chi connectivity index (χ3n) is 1.23. The molecule has 0 aliphatic carbocycles. The van der Waals surface area contributed by atoms with Gasteiger partial charge in [-0.2, -0.15) is 0 Å². The fraction of sp³-hybridized carbons (Fsp3) is 0.250. The van der Waals surface area contributed by atoms with Crippen LogP contribution in [0.15, 0.2) is 48.6 Å². The molecule has 0 rings (SSSR count). The van der Waals surface area contributed by atoms with E-state index in [1.54, 1.807) is 0 Å². The van der Waals surface area contributed by atoms with Crippen molar-refractivity contribution in [2.75, 3.05) is 0 Å². The number of hydrogen-bond donors (Lipinski definition) is 0. The van der Waals surface area contributed by atoms with Crippen LogP contribution in [0.25, 0.3) is 0 Å². The van der Waals surface area contributed by atoms with Crippen LogP contribution in [-0.2, 0) is 0 Å². The highest BCUT2D eigenvalue weighted by Gasteiger charge is 1.63. The summed E-state index contributed by atoms with van der Waals surface area (Å²) >= 11 is 0. The molecule has 0 aromatic rings. The van der Waals surface area contributed by atoms with E-state index >= 15 is 0 Å². The van der Waals surface area contributed by atoms with Gasteiger partial charge in [-0.25, -0.2) is 0 Å². The first kappa shape index (κ1) is 11.0. The summed E-state index contributed by atoms with van der Waals surface area (Å²) in [7, 11) is 0. The van der Waals surface area contributed by atoms with Crippen LogP contribution in [0, 0.1) is 6.92 Å². The highest BCUT2D eigenvalue weighted by atomic mass is 13.7. The van der Waals surface area contributed by atoms with E-state index in [0.717, 1.165) is 12.8 Å². The zero-order chi connectivity index (χ0) is 9.07. The van der Waals surface area contributed by atoms with Crippen LogP contribution < -0.4 is 0 Å². The van der Waals surface area contributed by atoms with Crippen LogP contribution in [0.3, 0.4) is 0 Å². The second-order valence-electron chi connectivity index (χ2n) is 2.32. The molecule has 0 saturated heterocycles. The van der Waals surface area contributed by atoms with Gasteiger partial charge in [-0.3, -0.25) is 0 Å². The quantitative estimate of drug-likeness (QED) is 0.537. The van der Waals surface area contributed by atoms with Crippen molar-refractivity contribution in [1.82, 2.24) is 0 Å². The Bertz CT molecular complexity index is 158. The summed E-state index contributed by atoms with van der Waals surface area (Å²) in [6.07, 6.45) is 18.2. The molecule has 0 heterocycles. The van der Waals surface area contributed by atoms with E-state index in [9.17, 15) is 0 Å². The lowest BCUT2D eigenvalue weighted by Gasteiger charge is -1.75. The monoisotopic (exact) mass is 161 g/mol. The van der Waals surface area contributed by atoms with Gasteiger partial charge >= 0.3 is 0 Å². The molecule has 65 valence electrons. The largest absolute Gasteiger partial charge is 0.0848 e. The lowest BCUT2D eigenvalue weighted by Crippen LogP contribution is -1.54. The normalized spacial score (nSPS) is 13.2. The summed E-state index contributed by atoms with van der Waals surface area (Å²) in [5.41, 5.74) is 0. The molecular weight excluding hydrogens is 144 g/mol. The average Bonchev–Trinajstić information content (AvgIpc) is 2.10. The smallest absolute Gasteiger partial charge is 0.0347 e. The van der Waals surface area contributed by atoms with Crippen molar-refractivity contribution in [2.45, 2.75) is 19.8 Å². The van der Waals surface area contributed by atoms with Gasteiger partial charge in [0.2, 0.25) is 0 Å². The van der Waals surface area contributed by atoms with Gasteiger partial charge in [-0.05, 0) is 19.8 Å². The predicted molar refractivity (Wildman–Crippen MR) is 56.8 cm³/mol. The maximum Gasteiger partial charge on any atom is -0.0347 e. The average molecular weight is 161 g/mol. The van der Waals surface area contributed by atoms with E-state index in [1.807, 2.05) is 36.5 Å². The number of hydrogen-bond acceptors (Lipinski definition) is 0. The first-order valence-corrected chi connectivity index (χ1v) is 4.36. The van der Waals surface area contributed by atoms with Crippen molar-refractivity contribution < 1.29 is 0 Å². The number of allylic oxidation sites excluding steroid dienone is 8. The molecule has 0 nitrogen and oxygen atoms in total. The van der Waals surface area contributed by atoms with E-state index in [-0.39, 0.29) is 0 Å². The topological polar surface area (TPSA) is 0 Å². The SMILES string of the molecule is [CH2]C/C=C/C=C/C=C/C=C/CC. The van der Waals surface area contributed by atoms with Crippen molar-refractivity contribution >= 4 is 0 Å². The van der Waals surface area contributed by atoms with E-state index in [2.05, 4.69) is 26.0 Å². The Morgan fingerprint density at radius 1 is 0.833 bits per heavy atom. The Morgan fingerprint density at radius 3 is 1.83 bits per heavy atom. The van der Waals surface area contributed by atoms with Gasteiger partial charge in [0.05, 0.1) is 0 Å². The Kier molecular flexibility index (Phi) is 9.10. The Balaban J connectivity index is 3.52. The van der Waals surface area contributed by atoms with Crippen LogP contribution in [0.2, 0.25) is 0 Å². The minimum atomic E-state index is 0.851. The summed E-state index contributed by atoms with van der Waals surface area (Å²) < 4.78 is 0. The van der Waals surface area contributed by atoms with Gasteiger partial charge in [-0.15, -0.1) is 0 Å². The van der Waals surface area contributed by atoms with Crippen LogP contribution in [0.5, 0.6) is 0 Å². The second-order valence-corrected chi connectivity index (χ2v) is 2.32. The fourth-order valence-corrected chi connectivity index (χ4v) is 0.646. The first-order valence-electron chi connectivity index (χ1n) is 4.36. The molecule has 0 bridgehead atoms. The minimum absolute atomic E-state index is 0.851. The third-order valence-corrected chi connectivity index (χ3v) is 1.23. The number of rotatable bonds is 5. The summed E-state index contributed by atoms with van der Waals surface area (Å²) in [5.74, 6) is 0. The fourth-order valence-electron chi connectivity index (χ4n) is 0.646. The molecule has 0 aliphatic rings. The van der Waals surface area contributed by atoms with Crippen LogP contribution in [0.4, 0.5) is 0 Å². The third kappa shape index (κ3) is 8.96. The molecule has 12 heavy (non-hydrogen) atoms. The highest BCUT2D eigenvalue weighted by molar-refractivity contribution is 5.15. The predicted octanol–water partition coefficient (Wildman–Crippen LogP) is 3.85. The molecule has 0 amide bonds. The second kappa shape index (κ2) is 9.96. The van der Waals surface area contributed by atoms with E-state index in [4.69, 9.17) is 0 Å². The maximum atomic E-state index is 3.69. The molecule has 0 fully saturated rings. The molecule has 0 N–H and O–H groups in total. The summed E-state index contributed by atoms with van der Waals surface area (Å²) in [4.78, 5) is 0. The minimum Gasteiger partial charge on any atom is -0.0848 e. The zero-order valence-electron chi connectivity index (χ0n) is 7.74. The van der Waals surface area contributed by atoms with Crippen molar-refractivity contribution in [3.63, 3.8) is 0 Å². The molecule has 0 heteroatoms. The summed E-state index contributed by atoms with van der Waals surface area (Å²) in [6, 6.07) is 0. The molecule has 0 aromatic heterocycles. The highest BCUT2D eigenvalue weighted by Crippen LogP contribution is 1.85. The van der Waals surface area contributed by atoms with Crippen LogP contribution in [0.1, 0.15) is 19.8 Å². The lowest BCUT2D eigenvalue weighted by atomic mass is 10.3.